The second kappa shape index (κ2) is 24.4. The van der Waals surface area contributed by atoms with Crippen LogP contribution in [-0.2, 0) is 25.4 Å². The molecule has 70 heavy (non-hydrogen) atoms. The molecule has 0 bridgehead atoms. The third-order valence-corrected chi connectivity index (χ3v) is 16.6. The zero-order chi connectivity index (χ0) is 50.8. The molecule has 5 aromatic rings. The number of amides is 3. The number of nitrogens with one attached hydrogen (secondary N) is 5. The van der Waals surface area contributed by atoms with Crippen LogP contribution >= 0.6 is 41.8 Å². The van der Waals surface area contributed by atoms with E-state index in [1.807, 2.05) is 93.9 Å². The summed E-state index contributed by atoms with van der Waals surface area (Å²) in [5.41, 5.74) is 8.36. The van der Waals surface area contributed by atoms with Gasteiger partial charge in [-0.25, -0.2) is 9.97 Å². The molecule has 0 saturated carbocycles. The lowest BCUT2D eigenvalue weighted by Gasteiger charge is -2.37. The van der Waals surface area contributed by atoms with Crippen LogP contribution in [0, 0.1) is 13.8 Å². The summed E-state index contributed by atoms with van der Waals surface area (Å²) in [7, 11) is -0.944. The van der Waals surface area contributed by atoms with Gasteiger partial charge in [-0.3, -0.25) is 14.4 Å². The Morgan fingerprint density at radius 3 is 2.43 bits per heavy atom. The summed E-state index contributed by atoms with van der Waals surface area (Å²) in [6.07, 6.45) is 4.43. The van der Waals surface area contributed by atoms with Gasteiger partial charge in [0, 0.05) is 29.9 Å². The summed E-state index contributed by atoms with van der Waals surface area (Å²) in [4.78, 5) is 56.4. The van der Waals surface area contributed by atoms with Crippen molar-refractivity contribution in [2.24, 2.45) is 0 Å². The number of thiazole rings is 1. The number of nitrogens with zero attached hydrogens (tertiary/aromatic N) is 4. The molecule has 1 aliphatic rings. The van der Waals surface area contributed by atoms with Gasteiger partial charge in [0.1, 0.15) is 30.0 Å². The van der Waals surface area contributed by atoms with Gasteiger partial charge in [0.25, 0.3) is 0 Å². The van der Waals surface area contributed by atoms with Crippen molar-refractivity contribution in [3.8, 4) is 16.2 Å². The summed E-state index contributed by atoms with van der Waals surface area (Å²) in [6.45, 7) is 16.3. The minimum absolute atomic E-state index is 0.00863. The number of anilines is 4. The zero-order valence-corrected chi connectivity index (χ0v) is 44.8. The number of carbonyl (C=O) groups is 3. The Morgan fingerprint density at radius 2 is 1.74 bits per heavy atom. The monoisotopic (exact) mass is 1030 g/mol. The van der Waals surface area contributed by atoms with E-state index in [1.54, 1.807) is 43.5 Å². The molecule has 6 N–H and O–H groups in total. The number of para-hydroxylation sites is 1. The molecule has 1 fully saturated rings. The molecule has 2 aromatic heterocycles. The number of rotatable bonds is 23. The number of aromatic nitrogens is 3. The van der Waals surface area contributed by atoms with Crippen LogP contribution in [0.15, 0.2) is 72.4 Å². The van der Waals surface area contributed by atoms with Crippen LogP contribution in [0.2, 0.25) is 5.02 Å². The minimum atomic E-state index is -2.57. The Morgan fingerprint density at radius 1 is 1.00 bits per heavy atom. The standard InChI is InChI=1S/C51H67ClN9O6PS2/c1-31-25-41(59-50-54-28-39(52)47(60-50)58-40-15-11-12-16-44(40)68(8,9)66)43(67-7)26-37(31)21-23-53-22-13-10-14-24-70-51(5,6)46(57-34(4)62)49(65)61-29-38(63)27-42(61)48(64)56-32(2)35-17-19-36(20-18-35)45-33(3)55-30-69-45/h11-12,15-20,25-26,28,30,32,38,42,46,53,63H,10,13-14,21-24,27,29H2,1-9H3,(H,56,64)(H,57,62)(H2,54,58,59,60)/t32-,38+,42-,46?/m0/s1. The summed E-state index contributed by atoms with van der Waals surface area (Å²) < 4.78 is 18.0. The first kappa shape index (κ1) is 54.3. The van der Waals surface area contributed by atoms with E-state index in [2.05, 4.69) is 48.5 Å². The Balaban J connectivity index is 0.949. The number of thioether (sulfide) groups is 1. The Hall–Kier alpha value is -5.03. The fourth-order valence-corrected chi connectivity index (χ4v) is 11.8. The number of aryl methyl sites for hydroxylation is 2. The highest BCUT2D eigenvalue weighted by Crippen LogP contribution is 2.39. The highest BCUT2D eigenvalue weighted by atomic mass is 35.5. The van der Waals surface area contributed by atoms with Crippen molar-refractivity contribution in [3.05, 3.63) is 99.8 Å². The maximum atomic E-state index is 14.3. The van der Waals surface area contributed by atoms with Crippen LogP contribution in [0.1, 0.15) is 81.8 Å². The van der Waals surface area contributed by atoms with Crippen molar-refractivity contribution in [2.75, 3.05) is 56.5 Å². The Labute approximate surface area is 425 Å². The van der Waals surface area contributed by atoms with Gasteiger partial charge in [-0.05, 0) is 133 Å². The van der Waals surface area contributed by atoms with E-state index in [4.69, 9.17) is 16.3 Å². The highest BCUT2D eigenvalue weighted by molar-refractivity contribution is 8.00. The van der Waals surface area contributed by atoms with Gasteiger partial charge in [-0.2, -0.15) is 16.7 Å². The van der Waals surface area contributed by atoms with Crippen molar-refractivity contribution >= 4 is 88.0 Å². The second-order valence-electron chi connectivity index (χ2n) is 18.6. The van der Waals surface area contributed by atoms with E-state index in [0.29, 0.717) is 39.2 Å². The molecule has 15 nitrogen and oxygen atoms in total. The van der Waals surface area contributed by atoms with Gasteiger partial charge >= 0.3 is 0 Å². The molecule has 0 aliphatic carbocycles. The zero-order valence-electron chi connectivity index (χ0n) is 41.5. The number of benzene rings is 3. The predicted molar refractivity (Wildman–Crippen MR) is 286 cm³/mol. The van der Waals surface area contributed by atoms with Crippen LogP contribution in [0.5, 0.6) is 5.75 Å². The first-order valence-electron chi connectivity index (χ1n) is 23.6. The quantitative estimate of drug-likeness (QED) is 0.0268. The smallest absolute Gasteiger partial charge is 0.247 e. The molecule has 3 amide bonds. The normalized spacial score (nSPS) is 15.8. The van der Waals surface area contributed by atoms with Gasteiger partial charge in [0.15, 0.2) is 5.82 Å². The van der Waals surface area contributed by atoms with Crippen molar-refractivity contribution in [3.63, 3.8) is 0 Å². The SMILES string of the molecule is COc1cc(CCNCCCCCSC(C)(C)C(NC(C)=O)C(=O)N2C[C@H](O)C[C@H]2C(=O)N[C@@H](C)c2ccc(-c3scnc3C)cc2)c(C)cc1Nc1ncc(Cl)c(Nc2ccccc2P(C)(C)=O)n1. The van der Waals surface area contributed by atoms with E-state index < -0.39 is 30.1 Å². The fourth-order valence-electron chi connectivity index (χ4n) is 8.48. The molecule has 0 spiro atoms. The maximum absolute atomic E-state index is 14.3. The van der Waals surface area contributed by atoms with Crippen LogP contribution < -0.4 is 36.6 Å². The number of methoxy groups -OCH3 is 1. The topological polar surface area (TPSA) is 200 Å². The lowest BCUT2D eigenvalue weighted by atomic mass is 10.0. The average Bonchev–Trinajstić information content (AvgIpc) is 3.93. The number of likely N-dealkylation sites (tertiary alicyclic amines) is 1. The largest absolute Gasteiger partial charge is 0.495 e. The Kier molecular flexibility index (Phi) is 18.9. The van der Waals surface area contributed by atoms with Crippen LogP contribution in [-0.4, -0.2) is 111 Å². The maximum Gasteiger partial charge on any atom is 0.247 e. The van der Waals surface area contributed by atoms with Crippen molar-refractivity contribution in [1.29, 1.82) is 0 Å². The number of β-amino-alcohol motifs (C(OH)–C–C–N with tert-alkyl or cyclic N) is 1. The molecule has 376 valence electrons. The summed E-state index contributed by atoms with van der Waals surface area (Å²) in [5.74, 6) is 1.05. The van der Waals surface area contributed by atoms with E-state index in [1.165, 1.54) is 18.0 Å². The van der Waals surface area contributed by atoms with E-state index in [9.17, 15) is 24.1 Å². The fraction of sp³-hybridized carbons (Fsp3) is 0.451. The van der Waals surface area contributed by atoms with E-state index in [0.717, 1.165) is 77.4 Å². The summed E-state index contributed by atoms with van der Waals surface area (Å²) >= 11 is 9.68. The van der Waals surface area contributed by atoms with Gasteiger partial charge in [0.2, 0.25) is 23.7 Å². The predicted octanol–water partition coefficient (Wildman–Crippen LogP) is 8.77. The number of hydrogen-bond donors (Lipinski definition) is 6. The molecular formula is C51H67ClN9O6PS2. The van der Waals surface area contributed by atoms with Crippen molar-refractivity contribution in [2.45, 2.75) is 103 Å². The highest BCUT2D eigenvalue weighted by Gasteiger charge is 2.46. The number of unbranched alkanes of at least 4 members (excludes halogenated alkanes) is 2. The first-order valence-corrected chi connectivity index (χ1v) is 28.4. The number of aliphatic hydroxyl groups excluding tert-OH is 1. The summed E-state index contributed by atoms with van der Waals surface area (Å²) in [5, 5.41) is 27.8. The van der Waals surface area contributed by atoms with Gasteiger partial charge < -0.3 is 45.9 Å². The third-order valence-electron chi connectivity index (χ3n) is 12.4. The molecule has 3 aromatic carbocycles. The first-order chi connectivity index (χ1) is 33.2. The lowest BCUT2D eigenvalue weighted by molar-refractivity contribution is -0.142. The van der Waals surface area contributed by atoms with Gasteiger partial charge in [-0.1, -0.05) is 54.4 Å². The van der Waals surface area contributed by atoms with E-state index in [-0.39, 0.29) is 36.7 Å². The average molecular weight is 1030 g/mol. The number of hydrogen-bond acceptors (Lipinski definition) is 14. The number of carbonyl (C=O) groups excluding carboxylic acids is 3. The van der Waals surface area contributed by atoms with Crippen LogP contribution in [0.4, 0.5) is 23.1 Å². The third kappa shape index (κ3) is 14.3. The Bertz CT molecular complexity index is 2660. The van der Waals surface area contributed by atoms with Crippen LogP contribution in [0.25, 0.3) is 10.4 Å². The van der Waals surface area contributed by atoms with E-state index >= 15 is 0 Å². The minimum Gasteiger partial charge on any atom is -0.495 e. The number of ether oxygens (including phenoxy) is 1. The number of halogens is 1. The van der Waals surface area contributed by atoms with Crippen molar-refractivity contribution in [1.82, 2.24) is 35.8 Å². The molecule has 19 heteroatoms. The van der Waals surface area contributed by atoms with Crippen LogP contribution in [0.3, 0.4) is 0 Å². The molecular weight excluding hydrogens is 965 g/mol. The molecule has 1 saturated heterocycles. The second-order valence-corrected chi connectivity index (χ2v) is 24.8. The molecule has 0 radical (unpaired) electrons. The molecule has 1 unspecified atom stereocenters. The molecule has 6 rings (SSSR count). The van der Waals surface area contributed by atoms with Gasteiger partial charge in [-0.15, -0.1) is 11.3 Å². The molecule has 3 heterocycles. The van der Waals surface area contributed by atoms with Gasteiger partial charge in [0.05, 0.1) is 52.9 Å². The lowest BCUT2D eigenvalue weighted by Crippen LogP contribution is -2.59. The molecule has 1 aliphatic heterocycles. The number of aliphatic hydroxyl groups is 1. The summed E-state index contributed by atoms with van der Waals surface area (Å²) in [6, 6.07) is 17.3. The van der Waals surface area contributed by atoms with Crippen molar-refractivity contribution < 1.29 is 28.8 Å². The molecule has 4 atom stereocenters.